The highest BCUT2D eigenvalue weighted by Gasteiger charge is 2.63. The first-order valence-corrected chi connectivity index (χ1v) is 13.6. The van der Waals surface area contributed by atoms with Gasteiger partial charge in [0.15, 0.2) is 10.8 Å². The van der Waals surface area contributed by atoms with Crippen LogP contribution in [0.4, 0.5) is 0 Å². The van der Waals surface area contributed by atoms with Gasteiger partial charge in [-0.25, -0.2) is 4.98 Å². The minimum absolute atomic E-state index is 0.162. The molecule has 2 aromatic rings. The molecule has 1 aromatic carbocycles. The quantitative estimate of drug-likeness (QED) is 0.451. The number of benzene rings is 1. The summed E-state index contributed by atoms with van der Waals surface area (Å²) in [5.41, 5.74) is 1.59. The Bertz CT molecular complexity index is 978. The van der Waals surface area contributed by atoms with Crippen LogP contribution in [0.15, 0.2) is 24.3 Å². The van der Waals surface area contributed by atoms with E-state index in [-0.39, 0.29) is 11.3 Å². The third-order valence-electron chi connectivity index (χ3n) is 10.7. The molecular formula is C28H37NOS. The number of aromatic nitrogens is 1. The van der Waals surface area contributed by atoms with E-state index in [2.05, 4.69) is 26.8 Å². The fourth-order valence-electron chi connectivity index (χ4n) is 9.22. The fraction of sp³-hybridized carbons (Fsp3) is 0.714. The summed E-state index contributed by atoms with van der Waals surface area (Å²) in [5.74, 6) is 4.98. The molecule has 166 valence electrons. The molecule has 4 fully saturated rings. The van der Waals surface area contributed by atoms with Crippen molar-refractivity contribution in [3.05, 3.63) is 29.3 Å². The Labute approximate surface area is 191 Å². The van der Waals surface area contributed by atoms with E-state index in [1.54, 1.807) is 11.3 Å². The second kappa shape index (κ2) is 7.14. The van der Waals surface area contributed by atoms with Crippen molar-refractivity contribution in [2.45, 2.75) is 78.6 Å². The number of para-hydroxylation sites is 1. The number of carbonyl (C=O) groups is 1. The Kier molecular flexibility index (Phi) is 4.70. The summed E-state index contributed by atoms with van der Waals surface area (Å²) >= 11 is 1.61. The van der Waals surface area contributed by atoms with Gasteiger partial charge in [0.2, 0.25) is 0 Å². The molecule has 31 heavy (non-hydrogen) atoms. The van der Waals surface area contributed by atoms with Crippen LogP contribution in [0.1, 0.15) is 88.4 Å². The molecule has 4 saturated carbocycles. The van der Waals surface area contributed by atoms with E-state index < -0.39 is 0 Å². The zero-order valence-corrected chi connectivity index (χ0v) is 20.2. The Morgan fingerprint density at radius 3 is 2.65 bits per heavy atom. The lowest BCUT2D eigenvalue weighted by Crippen LogP contribution is -2.55. The van der Waals surface area contributed by atoms with E-state index in [1.807, 2.05) is 18.2 Å². The molecule has 3 heteroatoms. The molecule has 6 rings (SSSR count). The summed E-state index contributed by atoms with van der Waals surface area (Å²) in [6, 6.07) is 8.20. The molecular weight excluding hydrogens is 398 g/mol. The van der Waals surface area contributed by atoms with Crippen molar-refractivity contribution in [2.75, 3.05) is 0 Å². The van der Waals surface area contributed by atoms with Gasteiger partial charge in [-0.1, -0.05) is 39.3 Å². The third kappa shape index (κ3) is 2.94. The van der Waals surface area contributed by atoms with E-state index in [0.717, 1.165) is 45.3 Å². The number of hydrogen-bond donors (Lipinski definition) is 0. The topological polar surface area (TPSA) is 30.0 Å². The van der Waals surface area contributed by atoms with Crippen LogP contribution in [0, 0.1) is 46.3 Å². The fourth-order valence-corrected chi connectivity index (χ4v) is 10.2. The van der Waals surface area contributed by atoms with Crippen LogP contribution in [-0.2, 0) is 0 Å². The van der Waals surface area contributed by atoms with Crippen molar-refractivity contribution in [1.29, 1.82) is 0 Å². The van der Waals surface area contributed by atoms with E-state index in [1.165, 1.54) is 51.4 Å². The number of carbonyl (C=O) groups excluding carboxylic acids is 1. The first-order chi connectivity index (χ1) is 14.9. The van der Waals surface area contributed by atoms with Crippen LogP contribution in [0.25, 0.3) is 10.2 Å². The Hall–Kier alpha value is -1.22. The Morgan fingerprint density at radius 1 is 1.00 bits per heavy atom. The normalized spacial score (nSPS) is 44.5. The number of nitrogens with zero attached hydrogens (tertiary/aromatic N) is 1. The molecule has 0 radical (unpaired) electrons. The molecule has 0 N–H and O–H groups in total. The minimum Gasteiger partial charge on any atom is -0.291 e. The van der Waals surface area contributed by atoms with E-state index in [0.29, 0.717) is 17.1 Å². The summed E-state index contributed by atoms with van der Waals surface area (Å²) in [6.45, 7) is 7.59. The molecule has 0 saturated heterocycles. The number of fused-ring (bicyclic) bond motifs is 6. The second-order valence-corrected chi connectivity index (χ2v) is 13.1. The first kappa shape index (κ1) is 20.4. The molecule has 4 aliphatic rings. The minimum atomic E-state index is 0.162. The maximum absolute atomic E-state index is 13.8. The largest absolute Gasteiger partial charge is 0.291 e. The Balaban J connectivity index is 1.29. The highest BCUT2D eigenvalue weighted by atomic mass is 32.1. The van der Waals surface area contributed by atoms with Gasteiger partial charge in [-0.2, -0.15) is 0 Å². The predicted molar refractivity (Wildman–Crippen MR) is 128 cm³/mol. The zero-order valence-electron chi connectivity index (χ0n) is 19.4. The average Bonchev–Trinajstić information content (AvgIpc) is 3.34. The lowest BCUT2D eigenvalue weighted by molar-refractivity contribution is -0.124. The van der Waals surface area contributed by atoms with Crippen LogP contribution in [0.2, 0.25) is 0 Å². The molecule has 0 aliphatic heterocycles. The van der Waals surface area contributed by atoms with Crippen LogP contribution in [0.3, 0.4) is 0 Å². The van der Waals surface area contributed by atoms with Gasteiger partial charge in [-0.05, 0) is 104 Å². The van der Waals surface area contributed by atoms with E-state index >= 15 is 0 Å². The highest BCUT2D eigenvalue weighted by molar-refractivity contribution is 7.20. The molecule has 0 unspecified atom stereocenters. The number of thiazole rings is 1. The van der Waals surface area contributed by atoms with Gasteiger partial charge < -0.3 is 0 Å². The van der Waals surface area contributed by atoms with Crippen LogP contribution < -0.4 is 0 Å². The average molecular weight is 436 g/mol. The molecule has 0 spiro atoms. The molecule has 1 heterocycles. The summed E-state index contributed by atoms with van der Waals surface area (Å²) in [5, 5.41) is 0.755. The first-order valence-electron chi connectivity index (χ1n) is 12.8. The smallest absolute Gasteiger partial charge is 0.195 e. The maximum atomic E-state index is 13.8. The molecule has 1 aromatic heterocycles. The summed E-state index contributed by atoms with van der Waals surface area (Å²) in [6.07, 6.45) is 12.1. The van der Waals surface area contributed by atoms with Gasteiger partial charge in [-0.15, -0.1) is 11.3 Å². The van der Waals surface area contributed by atoms with Gasteiger partial charge in [0.05, 0.1) is 10.2 Å². The van der Waals surface area contributed by atoms with Crippen molar-refractivity contribution >= 4 is 27.3 Å². The van der Waals surface area contributed by atoms with E-state index in [9.17, 15) is 4.79 Å². The van der Waals surface area contributed by atoms with Crippen molar-refractivity contribution < 1.29 is 4.79 Å². The van der Waals surface area contributed by atoms with Crippen LogP contribution >= 0.6 is 11.3 Å². The van der Waals surface area contributed by atoms with Gasteiger partial charge in [0.1, 0.15) is 0 Å². The van der Waals surface area contributed by atoms with Gasteiger partial charge in [0.25, 0.3) is 0 Å². The van der Waals surface area contributed by atoms with Crippen molar-refractivity contribution in [3.8, 4) is 0 Å². The lowest BCUT2D eigenvalue weighted by atomic mass is 9.43. The number of Topliss-reactive ketones (excluding diaryl/α,β-unsaturated/α-hetero) is 1. The third-order valence-corrected chi connectivity index (χ3v) is 11.7. The van der Waals surface area contributed by atoms with Crippen molar-refractivity contribution in [2.24, 2.45) is 46.3 Å². The lowest BCUT2D eigenvalue weighted by Gasteiger charge is -2.62. The molecule has 0 amide bonds. The maximum Gasteiger partial charge on any atom is 0.195 e. The molecule has 8 atom stereocenters. The summed E-state index contributed by atoms with van der Waals surface area (Å²) in [4.78, 5) is 18.5. The second-order valence-electron chi connectivity index (χ2n) is 12.1. The summed E-state index contributed by atoms with van der Waals surface area (Å²) in [7, 11) is 0. The van der Waals surface area contributed by atoms with Crippen molar-refractivity contribution in [3.63, 3.8) is 0 Å². The highest BCUT2D eigenvalue weighted by Crippen LogP contribution is 2.69. The van der Waals surface area contributed by atoms with Crippen molar-refractivity contribution in [1.82, 2.24) is 4.98 Å². The summed E-state index contributed by atoms with van der Waals surface area (Å²) < 4.78 is 1.14. The SMILES string of the molecule is C[C@H]1CC[C@H]2[C@H](CC[C@@]3(C)[C@@H]4CC[C@H](C(=O)c5nc6ccccc6s5)[C@@]4(C)CC[C@H]23)C1. The number of rotatable bonds is 2. The van der Waals surface area contributed by atoms with Gasteiger partial charge in [0, 0.05) is 5.92 Å². The van der Waals surface area contributed by atoms with Gasteiger partial charge in [-0.3, -0.25) is 4.79 Å². The zero-order chi connectivity index (χ0) is 21.4. The number of ketones is 1. The van der Waals surface area contributed by atoms with Crippen LogP contribution in [0.5, 0.6) is 0 Å². The van der Waals surface area contributed by atoms with E-state index in [4.69, 9.17) is 4.98 Å². The number of hydrogen-bond acceptors (Lipinski definition) is 3. The predicted octanol–water partition coefficient (Wildman–Crippen LogP) is 7.77. The van der Waals surface area contributed by atoms with Crippen LogP contribution in [-0.4, -0.2) is 10.8 Å². The molecule has 4 aliphatic carbocycles. The Morgan fingerprint density at radius 2 is 1.81 bits per heavy atom. The standard InChI is InChI=1S/C28H37NOS/c1-17-8-9-19-18(16-17)12-14-27(2)20(19)13-15-28(3)21(10-11-24(27)28)25(30)26-29-22-6-4-5-7-23(22)31-26/h4-7,17-21,24H,8-16H2,1-3H3/t17-,18+,19-,20+,21+,24-,27+,28+/m0/s1. The molecule has 0 bridgehead atoms. The monoisotopic (exact) mass is 435 g/mol. The van der Waals surface area contributed by atoms with Gasteiger partial charge >= 0.3 is 0 Å². The molecule has 2 nitrogen and oxygen atoms in total.